The third-order valence-electron chi connectivity index (χ3n) is 4.74. The lowest BCUT2D eigenvalue weighted by atomic mass is 10.2. The monoisotopic (exact) mass is 452 g/mol. The summed E-state index contributed by atoms with van der Waals surface area (Å²) in [5.74, 6) is 0.322. The van der Waals surface area contributed by atoms with Crippen LogP contribution in [-0.2, 0) is 17.9 Å². The molecule has 0 aliphatic carbocycles. The van der Waals surface area contributed by atoms with Gasteiger partial charge in [0.25, 0.3) is 0 Å². The summed E-state index contributed by atoms with van der Waals surface area (Å²) >= 11 is 2.94. The summed E-state index contributed by atoms with van der Waals surface area (Å²) in [5, 5.41) is 11.1. The van der Waals surface area contributed by atoms with Crippen LogP contribution in [0.15, 0.2) is 77.3 Å². The summed E-state index contributed by atoms with van der Waals surface area (Å²) in [6, 6.07) is 20.4. The van der Waals surface area contributed by atoms with Gasteiger partial charge >= 0.3 is 0 Å². The first kappa shape index (κ1) is 21.3. The van der Waals surface area contributed by atoms with E-state index in [1.54, 1.807) is 41.5 Å². The maximum atomic E-state index is 14.5. The Morgan fingerprint density at radius 1 is 1.06 bits per heavy atom. The summed E-state index contributed by atoms with van der Waals surface area (Å²) in [6.45, 7) is 1.06. The molecule has 2 aromatic carbocycles. The van der Waals surface area contributed by atoms with Crippen LogP contribution < -0.4 is 0 Å². The molecule has 0 N–H and O–H groups in total. The van der Waals surface area contributed by atoms with Crippen LogP contribution in [0.25, 0.3) is 11.4 Å². The number of carbonyl (C=O) groups is 1. The number of amides is 1. The van der Waals surface area contributed by atoms with Crippen LogP contribution in [0.4, 0.5) is 4.39 Å². The number of rotatable bonds is 8. The molecule has 0 unspecified atom stereocenters. The van der Waals surface area contributed by atoms with Crippen molar-refractivity contribution in [2.24, 2.45) is 0 Å². The smallest absolute Gasteiger partial charge is 0.233 e. The van der Waals surface area contributed by atoms with Crippen molar-refractivity contribution in [3.8, 4) is 11.4 Å². The molecule has 5 nitrogen and oxygen atoms in total. The van der Waals surface area contributed by atoms with Gasteiger partial charge in [0, 0.05) is 11.9 Å². The maximum absolute atomic E-state index is 14.5. The highest BCUT2D eigenvalue weighted by molar-refractivity contribution is 7.99. The molecular formula is C23H21FN4OS2. The lowest BCUT2D eigenvalue weighted by molar-refractivity contribution is -0.127. The topological polar surface area (TPSA) is 51.0 Å². The zero-order chi connectivity index (χ0) is 21.6. The van der Waals surface area contributed by atoms with Gasteiger partial charge in [-0.2, -0.15) is 0 Å². The molecule has 0 fully saturated rings. The number of thiophene rings is 1. The van der Waals surface area contributed by atoms with E-state index in [9.17, 15) is 9.18 Å². The summed E-state index contributed by atoms with van der Waals surface area (Å²) in [6.07, 6.45) is 0. The van der Waals surface area contributed by atoms with Gasteiger partial charge in [0.1, 0.15) is 5.82 Å². The second kappa shape index (κ2) is 9.89. The molecule has 0 aliphatic heterocycles. The minimum atomic E-state index is -0.354. The molecule has 31 heavy (non-hydrogen) atoms. The molecule has 0 saturated heterocycles. The first-order valence-corrected chi connectivity index (χ1v) is 11.6. The zero-order valence-electron chi connectivity index (χ0n) is 16.9. The molecule has 4 rings (SSSR count). The number of hydrogen-bond acceptors (Lipinski definition) is 5. The number of aromatic nitrogens is 3. The predicted octanol–water partition coefficient (Wildman–Crippen LogP) is 4.94. The fourth-order valence-corrected chi connectivity index (χ4v) is 4.74. The van der Waals surface area contributed by atoms with E-state index >= 15 is 0 Å². The van der Waals surface area contributed by atoms with E-state index in [1.807, 2.05) is 52.4 Å². The van der Waals surface area contributed by atoms with Crippen molar-refractivity contribution < 1.29 is 9.18 Å². The van der Waals surface area contributed by atoms with E-state index < -0.39 is 0 Å². The highest BCUT2D eigenvalue weighted by Crippen LogP contribution is 2.27. The number of hydrogen-bond donors (Lipinski definition) is 0. The molecule has 158 valence electrons. The van der Waals surface area contributed by atoms with Gasteiger partial charge in [0.15, 0.2) is 11.0 Å². The summed E-state index contributed by atoms with van der Waals surface area (Å²) in [5.41, 5.74) is 1.43. The normalized spacial score (nSPS) is 10.9. The number of nitrogens with zero attached hydrogens (tertiary/aromatic N) is 4. The zero-order valence-corrected chi connectivity index (χ0v) is 18.6. The van der Waals surface area contributed by atoms with Crippen LogP contribution in [0.5, 0.6) is 0 Å². The van der Waals surface area contributed by atoms with Gasteiger partial charge in [0.2, 0.25) is 5.91 Å². The van der Waals surface area contributed by atoms with Crippen LogP contribution in [0.3, 0.4) is 0 Å². The first-order chi connectivity index (χ1) is 15.1. The van der Waals surface area contributed by atoms with Gasteiger partial charge in [-0.05, 0) is 29.1 Å². The number of halogens is 1. The Kier molecular flexibility index (Phi) is 6.79. The van der Waals surface area contributed by atoms with Crippen LogP contribution in [-0.4, -0.2) is 38.4 Å². The molecule has 0 bridgehead atoms. The summed E-state index contributed by atoms with van der Waals surface area (Å²) < 4.78 is 16.3. The van der Waals surface area contributed by atoms with E-state index in [1.165, 1.54) is 17.8 Å². The number of benzene rings is 2. The van der Waals surface area contributed by atoms with Crippen molar-refractivity contribution in [1.29, 1.82) is 0 Å². The van der Waals surface area contributed by atoms with Gasteiger partial charge in [-0.3, -0.25) is 9.36 Å². The molecule has 8 heteroatoms. The average molecular weight is 453 g/mol. The van der Waals surface area contributed by atoms with E-state index in [-0.39, 0.29) is 17.5 Å². The van der Waals surface area contributed by atoms with E-state index in [4.69, 9.17) is 0 Å². The Morgan fingerprint density at radius 3 is 2.58 bits per heavy atom. The largest absolute Gasteiger partial charge is 0.340 e. The molecular weight excluding hydrogens is 431 g/mol. The number of thioether (sulfide) groups is 1. The lowest BCUT2D eigenvalue weighted by Crippen LogP contribution is -2.27. The minimum absolute atomic E-state index is 0.0000952. The van der Waals surface area contributed by atoms with Gasteiger partial charge in [-0.25, -0.2) is 4.39 Å². The second-order valence-electron chi connectivity index (χ2n) is 6.98. The Morgan fingerprint density at radius 2 is 1.84 bits per heavy atom. The molecule has 0 saturated carbocycles. The van der Waals surface area contributed by atoms with Crippen molar-refractivity contribution in [1.82, 2.24) is 19.7 Å². The minimum Gasteiger partial charge on any atom is -0.340 e. The standard InChI is InChI=1S/C23H21FN4OS2/c1-27(15-18-10-7-13-30-18)21(29)16-31-23-26-25-22(19-11-5-6-12-20(19)24)28(23)14-17-8-3-2-4-9-17/h2-13H,14-16H2,1H3. The quantitative estimate of drug-likeness (QED) is 0.355. The van der Waals surface area contributed by atoms with Crippen LogP contribution in [0.1, 0.15) is 10.4 Å². The third-order valence-corrected chi connectivity index (χ3v) is 6.55. The van der Waals surface area contributed by atoms with E-state index in [2.05, 4.69) is 10.2 Å². The molecule has 0 atom stereocenters. The van der Waals surface area contributed by atoms with Crippen molar-refractivity contribution >= 4 is 29.0 Å². The Hall–Kier alpha value is -2.97. The van der Waals surface area contributed by atoms with Gasteiger partial charge in [0.05, 0.1) is 24.4 Å². The Balaban J connectivity index is 1.55. The predicted molar refractivity (Wildman–Crippen MR) is 122 cm³/mol. The van der Waals surface area contributed by atoms with Crippen LogP contribution in [0.2, 0.25) is 0 Å². The van der Waals surface area contributed by atoms with Crippen molar-refractivity contribution in [3.05, 3.63) is 88.4 Å². The van der Waals surface area contributed by atoms with Crippen LogP contribution >= 0.6 is 23.1 Å². The Bertz CT molecular complexity index is 1150. The van der Waals surface area contributed by atoms with Crippen molar-refractivity contribution in [3.63, 3.8) is 0 Å². The fourth-order valence-electron chi connectivity index (χ4n) is 3.11. The first-order valence-electron chi connectivity index (χ1n) is 9.73. The molecule has 0 radical (unpaired) electrons. The molecule has 2 aromatic heterocycles. The highest BCUT2D eigenvalue weighted by Gasteiger charge is 2.19. The van der Waals surface area contributed by atoms with Gasteiger partial charge in [-0.1, -0.05) is 60.3 Å². The van der Waals surface area contributed by atoms with E-state index in [0.29, 0.717) is 29.6 Å². The lowest BCUT2D eigenvalue weighted by Gasteiger charge is -2.16. The summed E-state index contributed by atoms with van der Waals surface area (Å²) in [4.78, 5) is 15.5. The molecule has 4 aromatic rings. The van der Waals surface area contributed by atoms with Crippen molar-refractivity contribution in [2.75, 3.05) is 12.8 Å². The molecule has 2 heterocycles. The van der Waals surface area contributed by atoms with Gasteiger partial charge < -0.3 is 4.90 Å². The number of carbonyl (C=O) groups excluding carboxylic acids is 1. The molecule has 0 spiro atoms. The van der Waals surface area contributed by atoms with Crippen molar-refractivity contribution in [2.45, 2.75) is 18.2 Å². The van der Waals surface area contributed by atoms with Gasteiger partial charge in [-0.15, -0.1) is 21.5 Å². The summed E-state index contributed by atoms with van der Waals surface area (Å²) in [7, 11) is 1.79. The maximum Gasteiger partial charge on any atom is 0.233 e. The van der Waals surface area contributed by atoms with Crippen LogP contribution in [0, 0.1) is 5.82 Å². The highest BCUT2D eigenvalue weighted by atomic mass is 32.2. The SMILES string of the molecule is CN(Cc1cccs1)C(=O)CSc1nnc(-c2ccccc2F)n1Cc1ccccc1. The average Bonchev–Trinajstić information content (AvgIpc) is 3.43. The fraction of sp³-hybridized carbons (Fsp3) is 0.174. The second-order valence-corrected chi connectivity index (χ2v) is 8.95. The van der Waals surface area contributed by atoms with E-state index in [0.717, 1.165) is 10.4 Å². The molecule has 1 amide bonds. The Labute approximate surface area is 188 Å². The molecule has 0 aliphatic rings. The third kappa shape index (κ3) is 5.21.